The van der Waals surface area contributed by atoms with E-state index < -0.39 is 0 Å². The van der Waals surface area contributed by atoms with Gasteiger partial charge in [-0.25, -0.2) is 0 Å². The molecule has 4 heteroatoms. The van der Waals surface area contributed by atoms with Gasteiger partial charge in [-0.15, -0.1) is 0 Å². The molecule has 0 fully saturated rings. The lowest BCUT2D eigenvalue weighted by Gasteiger charge is -2.17. The molecule has 0 aliphatic carbocycles. The zero-order chi connectivity index (χ0) is 13.4. The van der Waals surface area contributed by atoms with E-state index in [0.717, 1.165) is 25.3 Å². The minimum atomic E-state index is -0.185. The quantitative estimate of drug-likeness (QED) is 0.770. The first-order valence-electron chi connectivity index (χ1n) is 6.41. The van der Waals surface area contributed by atoms with E-state index >= 15 is 0 Å². The molecule has 0 spiro atoms. The average molecular weight is 249 g/mol. The van der Waals surface area contributed by atoms with Crippen molar-refractivity contribution in [2.45, 2.75) is 19.9 Å². The molecule has 2 N–H and O–H groups in total. The molecule has 1 rings (SSSR count). The van der Waals surface area contributed by atoms with Crippen LogP contribution in [0.25, 0.3) is 0 Å². The largest absolute Gasteiger partial charge is 0.325 e. The number of nitrogens with one attached hydrogen (secondary N) is 2. The first-order chi connectivity index (χ1) is 8.63. The van der Waals surface area contributed by atoms with Gasteiger partial charge in [0.05, 0.1) is 6.04 Å². The third-order valence-electron chi connectivity index (χ3n) is 2.92. The number of rotatable bonds is 7. The number of anilines is 1. The molecule has 1 unspecified atom stereocenters. The number of benzene rings is 1. The summed E-state index contributed by atoms with van der Waals surface area (Å²) < 4.78 is 0. The van der Waals surface area contributed by atoms with Crippen molar-refractivity contribution in [2.24, 2.45) is 0 Å². The summed E-state index contributed by atoms with van der Waals surface area (Å²) in [6.07, 6.45) is 0. The zero-order valence-electron chi connectivity index (χ0n) is 11.4. The van der Waals surface area contributed by atoms with Gasteiger partial charge < -0.3 is 15.5 Å². The van der Waals surface area contributed by atoms with Crippen LogP contribution in [-0.2, 0) is 4.79 Å². The van der Waals surface area contributed by atoms with Gasteiger partial charge in [0.1, 0.15) is 0 Å². The SMILES string of the molecule is CCN(C)CCNC(C)C(=O)Nc1ccccc1. The molecule has 1 atom stereocenters. The predicted octanol–water partition coefficient (Wildman–Crippen LogP) is 1.55. The van der Waals surface area contributed by atoms with Gasteiger partial charge >= 0.3 is 0 Å². The predicted molar refractivity (Wildman–Crippen MR) is 75.7 cm³/mol. The second-order valence-corrected chi connectivity index (χ2v) is 4.43. The van der Waals surface area contributed by atoms with E-state index in [2.05, 4.69) is 29.5 Å². The number of carbonyl (C=O) groups is 1. The highest BCUT2D eigenvalue weighted by molar-refractivity contribution is 5.94. The Morgan fingerprint density at radius 2 is 2.00 bits per heavy atom. The first kappa shape index (κ1) is 14.7. The molecule has 0 bridgehead atoms. The van der Waals surface area contributed by atoms with E-state index in [0.29, 0.717) is 0 Å². The van der Waals surface area contributed by atoms with E-state index in [9.17, 15) is 4.79 Å². The van der Waals surface area contributed by atoms with Crippen LogP contribution in [0.15, 0.2) is 30.3 Å². The number of hydrogen-bond donors (Lipinski definition) is 2. The summed E-state index contributed by atoms with van der Waals surface area (Å²) in [5, 5.41) is 6.09. The Morgan fingerprint density at radius 3 is 2.61 bits per heavy atom. The molecule has 0 radical (unpaired) electrons. The van der Waals surface area contributed by atoms with Crippen LogP contribution in [0, 0.1) is 0 Å². The molecule has 0 saturated carbocycles. The molecule has 0 aromatic heterocycles. The summed E-state index contributed by atoms with van der Waals surface area (Å²) in [6, 6.07) is 9.33. The maximum absolute atomic E-state index is 11.9. The number of likely N-dealkylation sites (N-methyl/N-ethyl adjacent to an activating group) is 1. The van der Waals surface area contributed by atoms with Crippen molar-refractivity contribution < 1.29 is 4.79 Å². The molecule has 1 aromatic carbocycles. The van der Waals surface area contributed by atoms with Gasteiger partial charge in [-0.3, -0.25) is 4.79 Å². The fraction of sp³-hybridized carbons (Fsp3) is 0.500. The fourth-order valence-electron chi connectivity index (χ4n) is 1.49. The van der Waals surface area contributed by atoms with E-state index in [1.807, 2.05) is 37.3 Å². The third kappa shape index (κ3) is 5.29. The van der Waals surface area contributed by atoms with Crippen molar-refractivity contribution in [3.05, 3.63) is 30.3 Å². The van der Waals surface area contributed by atoms with E-state index in [4.69, 9.17) is 0 Å². The van der Waals surface area contributed by atoms with Crippen LogP contribution < -0.4 is 10.6 Å². The van der Waals surface area contributed by atoms with Gasteiger partial charge in [0.15, 0.2) is 0 Å². The van der Waals surface area contributed by atoms with Gasteiger partial charge in [0.25, 0.3) is 0 Å². The monoisotopic (exact) mass is 249 g/mol. The fourth-order valence-corrected chi connectivity index (χ4v) is 1.49. The molecule has 1 amide bonds. The Labute approximate surface area is 109 Å². The van der Waals surface area contributed by atoms with Gasteiger partial charge in [-0.1, -0.05) is 25.1 Å². The van der Waals surface area contributed by atoms with Crippen molar-refractivity contribution >= 4 is 11.6 Å². The van der Waals surface area contributed by atoms with Crippen LogP contribution in [-0.4, -0.2) is 43.5 Å². The number of amides is 1. The summed E-state index contributed by atoms with van der Waals surface area (Å²) in [4.78, 5) is 14.1. The van der Waals surface area contributed by atoms with Crippen molar-refractivity contribution in [2.75, 3.05) is 32.0 Å². The molecule has 1 aromatic rings. The maximum Gasteiger partial charge on any atom is 0.241 e. The Kier molecular flexibility index (Phi) is 6.39. The molecule has 0 heterocycles. The van der Waals surface area contributed by atoms with Crippen LogP contribution in [0.3, 0.4) is 0 Å². The van der Waals surface area contributed by atoms with Crippen molar-refractivity contribution in [1.29, 1.82) is 0 Å². The topological polar surface area (TPSA) is 44.4 Å². The molecule has 0 aliphatic rings. The first-order valence-corrected chi connectivity index (χ1v) is 6.41. The van der Waals surface area contributed by atoms with Crippen molar-refractivity contribution in [3.63, 3.8) is 0 Å². The Morgan fingerprint density at radius 1 is 1.33 bits per heavy atom. The summed E-state index contributed by atoms with van der Waals surface area (Å²) in [7, 11) is 2.07. The number of nitrogens with zero attached hydrogens (tertiary/aromatic N) is 1. The summed E-state index contributed by atoms with van der Waals surface area (Å²) in [6.45, 7) is 6.77. The lowest BCUT2D eigenvalue weighted by Crippen LogP contribution is -2.41. The summed E-state index contributed by atoms with van der Waals surface area (Å²) in [5.74, 6) is 0.000325. The van der Waals surface area contributed by atoms with Crippen LogP contribution in [0.4, 0.5) is 5.69 Å². The molecule has 0 saturated heterocycles. The molecular formula is C14H23N3O. The highest BCUT2D eigenvalue weighted by Crippen LogP contribution is 2.05. The second-order valence-electron chi connectivity index (χ2n) is 4.43. The third-order valence-corrected chi connectivity index (χ3v) is 2.92. The highest BCUT2D eigenvalue weighted by Gasteiger charge is 2.11. The van der Waals surface area contributed by atoms with Crippen LogP contribution >= 0.6 is 0 Å². The van der Waals surface area contributed by atoms with Crippen LogP contribution in [0.2, 0.25) is 0 Å². The van der Waals surface area contributed by atoms with Gasteiger partial charge in [-0.05, 0) is 32.6 Å². The Hall–Kier alpha value is -1.39. The molecule has 4 nitrogen and oxygen atoms in total. The van der Waals surface area contributed by atoms with Gasteiger partial charge in [0.2, 0.25) is 5.91 Å². The van der Waals surface area contributed by atoms with E-state index in [1.165, 1.54) is 0 Å². The maximum atomic E-state index is 11.9. The molecule has 100 valence electrons. The average Bonchev–Trinajstić information content (AvgIpc) is 2.39. The lowest BCUT2D eigenvalue weighted by atomic mass is 10.2. The lowest BCUT2D eigenvalue weighted by molar-refractivity contribution is -0.117. The molecular weight excluding hydrogens is 226 g/mol. The molecule has 18 heavy (non-hydrogen) atoms. The normalized spacial score (nSPS) is 12.4. The summed E-state index contributed by atoms with van der Waals surface area (Å²) >= 11 is 0. The Bertz CT molecular complexity index is 353. The van der Waals surface area contributed by atoms with E-state index in [1.54, 1.807) is 0 Å². The van der Waals surface area contributed by atoms with Crippen molar-refractivity contribution in [3.8, 4) is 0 Å². The Balaban J connectivity index is 2.29. The zero-order valence-corrected chi connectivity index (χ0v) is 11.4. The number of hydrogen-bond acceptors (Lipinski definition) is 3. The van der Waals surface area contributed by atoms with Crippen LogP contribution in [0.5, 0.6) is 0 Å². The minimum Gasteiger partial charge on any atom is -0.325 e. The van der Waals surface area contributed by atoms with Gasteiger partial charge in [-0.2, -0.15) is 0 Å². The standard InChI is InChI=1S/C14H23N3O/c1-4-17(3)11-10-15-12(2)14(18)16-13-8-6-5-7-9-13/h5-9,12,15H,4,10-11H2,1-3H3,(H,16,18). The second kappa shape index (κ2) is 7.84. The minimum absolute atomic E-state index is 0.000325. The number of carbonyl (C=O) groups excluding carboxylic acids is 1. The van der Waals surface area contributed by atoms with Gasteiger partial charge in [0, 0.05) is 18.8 Å². The van der Waals surface area contributed by atoms with E-state index in [-0.39, 0.29) is 11.9 Å². The van der Waals surface area contributed by atoms with Crippen molar-refractivity contribution in [1.82, 2.24) is 10.2 Å². The highest BCUT2D eigenvalue weighted by atomic mass is 16.2. The smallest absolute Gasteiger partial charge is 0.241 e. The number of para-hydroxylation sites is 1. The molecule has 0 aliphatic heterocycles. The summed E-state index contributed by atoms with van der Waals surface area (Å²) in [5.41, 5.74) is 0.835. The van der Waals surface area contributed by atoms with Crippen LogP contribution in [0.1, 0.15) is 13.8 Å².